The van der Waals surface area contributed by atoms with Gasteiger partial charge in [0.2, 0.25) is 0 Å². The number of aryl methyl sites for hydroxylation is 1. The van der Waals surface area contributed by atoms with Gasteiger partial charge in [-0.15, -0.1) is 0 Å². The fourth-order valence-electron chi connectivity index (χ4n) is 2.04. The highest BCUT2D eigenvalue weighted by atomic mass is 16.5. The molecule has 74 valence electrons. The van der Waals surface area contributed by atoms with Crippen molar-refractivity contribution >= 4 is 0 Å². The molecule has 0 aromatic heterocycles. The van der Waals surface area contributed by atoms with Gasteiger partial charge in [0.15, 0.2) is 0 Å². The minimum absolute atomic E-state index is 0.243. The quantitative estimate of drug-likeness (QED) is 0.683. The Morgan fingerprint density at radius 2 is 2.29 bits per heavy atom. The van der Waals surface area contributed by atoms with Gasteiger partial charge in [0.1, 0.15) is 5.75 Å². The Hall–Kier alpha value is -1.02. The average Bonchev–Trinajstić information content (AvgIpc) is 2.97. The van der Waals surface area contributed by atoms with Crippen LogP contribution in [0.2, 0.25) is 0 Å². The SMILES string of the molecule is CC1(c2ccc3c(c2)CCCO3)CN1. The van der Waals surface area contributed by atoms with Crippen molar-refractivity contribution in [3.63, 3.8) is 0 Å². The van der Waals surface area contributed by atoms with Gasteiger partial charge in [-0.25, -0.2) is 0 Å². The van der Waals surface area contributed by atoms with Gasteiger partial charge < -0.3 is 10.1 Å². The third kappa shape index (κ3) is 1.22. The second-order valence-corrected chi connectivity index (χ2v) is 4.46. The monoisotopic (exact) mass is 189 g/mol. The molecule has 0 aliphatic carbocycles. The fraction of sp³-hybridized carbons (Fsp3) is 0.500. The minimum Gasteiger partial charge on any atom is -0.493 e. The largest absolute Gasteiger partial charge is 0.493 e. The normalized spacial score (nSPS) is 29.2. The first-order valence-electron chi connectivity index (χ1n) is 5.29. The zero-order chi connectivity index (χ0) is 9.60. The van der Waals surface area contributed by atoms with E-state index in [1.54, 1.807) is 0 Å². The lowest BCUT2D eigenvalue weighted by molar-refractivity contribution is 0.288. The molecule has 2 aliphatic heterocycles. The molecule has 2 nitrogen and oxygen atoms in total. The van der Waals surface area contributed by atoms with Crippen molar-refractivity contribution < 1.29 is 4.74 Å². The third-order valence-corrected chi connectivity index (χ3v) is 3.25. The van der Waals surface area contributed by atoms with Crippen molar-refractivity contribution in [2.75, 3.05) is 13.2 Å². The zero-order valence-electron chi connectivity index (χ0n) is 8.47. The molecule has 1 atom stereocenters. The molecule has 1 saturated heterocycles. The molecule has 0 spiro atoms. The Balaban J connectivity index is 2.01. The Bertz CT molecular complexity index is 369. The lowest BCUT2D eigenvalue weighted by Gasteiger charge is -2.19. The van der Waals surface area contributed by atoms with E-state index in [1.165, 1.54) is 17.5 Å². The first kappa shape index (κ1) is 8.30. The van der Waals surface area contributed by atoms with Gasteiger partial charge in [0.05, 0.1) is 12.1 Å². The summed E-state index contributed by atoms with van der Waals surface area (Å²) in [6, 6.07) is 6.60. The molecule has 14 heavy (non-hydrogen) atoms. The first-order chi connectivity index (χ1) is 6.78. The Morgan fingerprint density at radius 1 is 1.43 bits per heavy atom. The lowest BCUT2D eigenvalue weighted by atomic mass is 9.96. The third-order valence-electron chi connectivity index (χ3n) is 3.25. The van der Waals surface area contributed by atoms with Crippen LogP contribution >= 0.6 is 0 Å². The molecule has 1 aromatic carbocycles. The zero-order valence-corrected chi connectivity index (χ0v) is 8.47. The summed E-state index contributed by atoms with van der Waals surface area (Å²) in [7, 11) is 0. The van der Waals surface area contributed by atoms with Gasteiger partial charge in [-0.3, -0.25) is 0 Å². The average molecular weight is 189 g/mol. The maximum atomic E-state index is 5.59. The molecule has 3 rings (SSSR count). The summed E-state index contributed by atoms with van der Waals surface area (Å²) in [4.78, 5) is 0. The van der Waals surface area contributed by atoms with Gasteiger partial charge in [-0.2, -0.15) is 0 Å². The van der Waals surface area contributed by atoms with Crippen LogP contribution in [0.15, 0.2) is 18.2 Å². The van der Waals surface area contributed by atoms with Crippen LogP contribution in [-0.4, -0.2) is 13.2 Å². The molecule has 0 amide bonds. The van der Waals surface area contributed by atoms with E-state index >= 15 is 0 Å². The van der Waals surface area contributed by atoms with Gasteiger partial charge in [-0.1, -0.05) is 12.1 Å². The number of hydrogen-bond acceptors (Lipinski definition) is 2. The summed E-state index contributed by atoms with van der Waals surface area (Å²) in [5.74, 6) is 1.09. The number of rotatable bonds is 1. The second kappa shape index (κ2) is 2.74. The van der Waals surface area contributed by atoms with Gasteiger partial charge in [0.25, 0.3) is 0 Å². The predicted molar refractivity (Wildman–Crippen MR) is 55.6 cm³/mol. The first-order valence-corrected chi connectivity index (χ1v) is 5.29. The van der Waals surface area contributed by atoms with Crippen molar-refractivity contribution in [2.24, 2.45) is 0 Å². The molecule has 0 saturated carbocycles. The molecular formula is C12H15NO. The van der Waals surface area contributed by atoms with Crippen LogP contribution in [0, 0.1) is 0 Å². The standard InChI is InChI=1S/C12H15NO/c1-12(8-13-12)10-4-5-11-9(7-10)3-2-6-14-11/h4-5,7,13H,2-3,6,8H2,1H3. The van der Waals surface area contributed by atoms with E-state index in [-0.39, 0.29) is 5.54 Å². The Labute approximate surface area is 84.3 Å². The Morgan fingerprint density at radius 3 is 3.07 bits per heavy atom. The van der Waals surface area contributed by atoms with Gasteiger partial charge >= 0.3 is 0 Å². The van der Waals surface area contributed by atoms with Crippen molar-refractivity contribution in [1.29, 1.82) is 0 Å². The summed E-state index contributed by atoms with van der Waals surface area (Å²) in [5, 5.41) is 3.39. The van der Waals surface area contributed by atoms with Crippen molar-refractivity contribution in [1.82, 2.24) is 5.32 Å². The van der Waals surface area contributed by atoms with Crippen LogP contribution in [0.25, 0.3) is 0 Å². The number of benzene rings is 1. The topological polar surface area (TPSA) is 31.2 Å². The predicted octanol–water partition coefficient (Wildman–Crippen LogP) is 1.83. The van der Waals surface area contributed by atoms with E-state index in [2.05, 4.69) is 30.4 Å². The summed E-state index contributed by atoms with van der Waals surface area (Å²) in [6.07, 6.45) is 2.32. The smallest absolute Gasteiger partial charge is 0.122 e. The number of fused-ring (bicyclic) bond motifs is 1. The van der Waals surface area contributed by atoms with Gasteiger partial charge in [-0.05, 0) is 37.0 Å². The molecule has 2 heterocycles. The molecule has 0 radical (unpaired) electrons. The van der Waals surface area contributed by atoms with Crippen LogP contribution in [0.5, 0.6) is 5.75 Å². The van der Waals surface area contributed by atoms with E-state index in [0.717, 1.165) is 25.3 Å². The van der Waals surface area contributed by atoms with Crippen molar-refractivity contribution in [3.8, 4) is 5.75 Å². The molecular weight excluding hydrogens is 174 g/mol. The van der Waals surface area contributed by atoms with E-state index in [0.29, 0.717) is 0 Å². The van der Waals surface area contributed by atoms with E-state index < -0.39 is 0 Å². The lowest BCUT2D eigenvalue weighted by Crippen LogP contribution is -2.12. The molecule has 1 N–H and O–H groups in total. The number of nitrogens with one attached hydrogen (secondary N) is 1. The van der Waals surface area contributed by atoms with E-state index in [1.807, 2.05) is 0 Å². The van der Waals surface area contributed by atoms with E-state index in [9.17, 15) is 0 Å². The van der Waals surface area contributed by atoms with Crippen LogP contribution in [0.4, 0.5) is 0 Å². The molecule has 1 unspecified atom stereocenters. The van der Waals surface area contributed by atoms with Gasteiger partial charge in [0, 0.05) is 6.54 Å². The van der Waals surface area contributed by atoms with Crippen LogP contribution < -0.4 is 10.1 Å². The summed E-state index contributed by atoms with van der Waals surface area (Å²) in [6.45, 7) is 4.23. The molecule has 1 fully saturated rings. The van der Waals surface area contributed by atoms with E-state index in [4.69, 9.17) is 4.74 Å². The molecule has 1 aromatic rings. The number of ether oxygens (including phenoxy) is 1. The summed E-state index contributed by atoms with van der Waals surface area (Å²) < 4.78 is 5.59. The summed E-state index contributed by atoms with van der Waals surface area (Å²) >= 11 is 0. The fourth-order valence-corrected chi connectivity index (χ4v) is 2.04. The maximum absolute atomic E-state index is 5.59. The molecule has 0 bridgehead atoms. The Kier molecular flexibility index (Phi) is 1.62. The molecule has 2 heteroatoms. The minimum atomic E-state index is 0.243. The van der Waals surface area contributed by atoms with Crippen molar-refractivity contribution in [3.05, 3.63) is 29.3 Å². The van der Waals surface area contributed by atoms with Crippen LogP contribution in [0.1, 0.15) is 24.5 Å². The van der Waals surface area contributed by atoms with Crippen LogP contribution in [-0.2, 0) is 12.0 Å². The highest BCUT2D eigenvalue weighted by Gasteiger charge is 2.38. The van der Waals surface area contributed by atoms with Crippen molar-refractivity contribution in [2.45, 2.75) is 25.3 Å². The second-order valence-electron chi connectivity index (χ2n) is 4.46. The summed E-state index contributed by atoms with van der Waals surface area (Å²) in [5.41, 5.74) is 3.03. The number of hydrogen-bond donors (Lipinski definition) is 1. The highest BCUT2D eigenvalue weighted by Crippen LogP contribution is 2.34. The highest BCUT2D eigenvalue weighted by molar-refractivity contribution is 5.42. The maximum Gasteiger partial charge on any atom is 0.122 e. The molecule has 2 aliphatic rings. The van der Waals surface area contributed by atoms with Crippen LogP contribution in [0.3, 0.4) is 0 Å².